The standard InChI is InChI=1S/C26H25N3O4/c30-25(27-21-11-12-22-23(17-21)33-18-32-22)26(31)29-15-13-28(14-16-29)24(19-7-3-1-4-8-19)20-9-5-2-6-10-20/h1-12,17,24H,13-16,18H2,(H,27,30). The van der Waals surface area contributed by atoms with E-state index in [9.17, 15) is 9.59 Å². The fourth-order valence-corrected chi connectivity index (χ4v) is 4.37. The van der Waals surface area contributed by atoms with E-state index in [0.29, 0.717) is 43.4 Å². The van der Waals surface area contributed by atoms with Gasteiger partial charge in [-0.05, 0) is 23.3 Å². The molecule has 2 aliphatic heterocycles. The Labute approximate surface area is 192 Å². The molecule has 2 aliphatic rings. The van der Waals surface area contributed by atoms with Crippen molar-refractivity contribution in [2.45, 2.75) is 6.04 Å². The molecule has 1 N–H and O–H groups in total. The molecule has 7 nitrogen and oxygen atoms in total. The molecule has 7 heteroatoms. The average Bonchev–Trinajstić information content (AvgIpc) is 3.33. The second kappa shape index (κ2) is 9.34. The molecule has 0 aromatic heterocycles. The van der Waals surface area contributed by atoms with Gasteiger partial charge in [-0.15, -0.1) is 0 Å². The van der Waals surface area contributed by atoms with Crippen LogP contribution in [-0.4, -0.2) is 54.6 Å². The lowest BCUT2D eigenvalue weighted by Crippen LogP contribution is -2.52. The number of hydrogen-bond acceptors (Lipinski definition) is 5. The molecule has 0 atom stereocenters. The van der Waals surface area contributed by atoms with Gasteiger partial charge in [0.05, 0.1) is 6.04 Å². The molecule has 0 unspecified atom stereocenters. The highest BCUT2D eigenvalue weighted by Gasteiger charge is 2.30. The molecule has 1 saturated heterocycles. The number of amides is 2. The van der Waals surface area contributed by atoms with Gasteiger partial charge < -0.3 is 19.7 Å². The van der Waals surface area contributed by atoms with Crippen LogP contribution in [0.3, 0.4) is 0 Å². The van der Waals surface area contributed by atoms with Gasteiger partial charge in [0.2, 0.25) is 6.79 Å². The van der Waals surface area contributed by atoms with E-state index in [0.717, 1.165) is 0 Å². The Bertz CT molecular complexity index is 1090. The Morgan fingerprint density at radius 1 is 0.758 bits per heavy atom. The molecule has 2 heterocycles. The van der Waals surface area contributed by atoms with Gasteiger partial charge in [0.15, 0.2) is 11.5 Å². The third kappa shape index (κ3) is 4.54. The zero-order chi connectivity index (χ0) is 22.6. The van der Waals surface area contributed by atoms with Crippen LogP contribution >= 0.6 is 0 Å². The highest BCUT2D eigenvalue weighted by Crippen LogP contribution is 2.34. The van der Waals surface area contributed by atoms with Crippen molar-refractivity contribution in [3.05, 3.63) is 90.0 Å². The predicted octanol–water partition coefficient (Wildman–Crippen LogP) is 3.29. The van der Waals surface area contributed by atoms with E-state index in [4.69, 9.17) is 9.47 Å². The molecule has 1 fully saturated rings. The number of nitrogens with one attached hydrogen (secondary N) is 1. The Hall–Kier alpha value is -3.84. The second-order valence-electron chi connectivity index (χ2n) is 8.07. The van der Waals surface area contributed by atoms with Gasteiger partial charge in [-0.3, -0.25) is 14.5 Å². The first kappa shape index (κ1) is 21.0. The van der Waals surface area contributed by atoms with Gasteiger partial charge in [0, 0.05) is 37.9 Å². The Morgan fingerprint density at radius 3 is 2.00 bits per heavy atom. The fourth-order valence-electron chi connectivity index (χ4n) is 4.37. The molecule has 0 bridgehead atoms. The van der Waals surface area contributed by atoms with E-state index in [-0.39, 0.29) is 12.8 Å². The highest BCUT2D eigenvalue weighted by molar-refractivity contribution is 6.39. The van der Waals surface area contributed by atoms with Crippen molar-refractivity contribution >= 4 is 17.5 Å². The molecule has 5 rings (SSSR count). The first-order valence-corrected chi connectivity index (χ1v) is 11.0. The molecular formula is C26H25N3O4. The Balaban J connectivity index is 1.24. The van der Waals surface area contributed by atoms with E-state index in [1.165, 1.54) is 11.1 Å². The minimum atomic E-state index is -0.648. The maximum Gasteiger partial charge on any atom is 0.313 e. The molecule has 3 aromatic carbocycles. The summed E-state index contributed by atoms with van der Waals surface area (Å²) in [6, 6.07) is 25.9. The van der Waals surface area contributed by atoms with E-state index in [1.807, 2.05) is 36.4 Å². The summed E-state index contributed by atoms with van der Waals surface area (Å²) in [6.07, 6.45) is 0. The number of carbonyl (C=O) groups is 2. The quantitative estimate of drug-likeness (QED) is 0.627. The number of nitrogens with zero attached hydrogens (tertiary/aromatic N) is 2. The summed E-state index contributed by atoms with van der Waals surface area (Å²) in [7, 11) is 0. The van der Waals surface area contributed by atoms with Crippen molar-refractivity contribution in [1.29, 1.82) is 0 Å². The highest BCUT2D eigenvalue weighted by atomic mass is 16.7. The van der Waals surface area contributed by atoms with Crippen molar-refractivity contribution in [3.8, 4) is 11.5 Å². The maximum absolute atomic E-state index is 12.8. The van der Waals surface area contributed by atoms with Crippen LogP contribution in [0.4, 0.5) is 5.69 Å². The van der Waals surface area contributed by atoms with Crippen LogP contribution in [0.5, 0.6) is 11.5 Å². The molecule has 0 saturated carbocycles. The molecule has 168 valence electrons. The third-order valence-electron chi connectivity index (χ3n) is 6.02. The topological polar surface area (TPSA) is 71.1 Å². The number of carbonyl (C=O) groups excluding carboxylic acids is 2. The molecule has 0 radical (unpaired) electrons. The van der Waals surface area contributed by atoms with Crippen molar-refractivity contribution in [1.82, 2.24) is 9.80 Å². The van der Waals surface area contributed by atoms with E-state index in [2.05, 4.69) is 34.5 Å². The molecular weight excluding hydrogens is 418 g/mol. The monoisotopic (exact) mass is 443 g/mol. The van der Waals surface area contributed by atoms with Crippen LogP contribution in [0, 0.1) is 0 Å². The average molecular weight is 444 g/mol. The molecule has 0 spiro atoms. The molecule has 3 aromatic rings. The van der Waals surface area contributed by atoms with E-state index >= 15 is 0 Å². The summed E-state index contributed by atoms with van der Waals surface area (Å²) in [5.41, 5.74) is 2.93. The molecule has 0 aliphatic carbocycles. The number of fused-ring (bicyclic) bond motifs is 1. The summed E-state index contributed by atoms with van der Waals surface area (Å²) in [6.45, 7) is 2.49. The van der Waals surface area contributed by atoms with Gasteiger partial charge >= 0.3 is 11.8 Å². The van der Waals surface area contributed by atoms with Crippen LogP contribution in [-0.2, 0) is 9.59 Å². The number of ether oxygens (including phenoxy) is 2. The van der Waals surface area contributed by atoms with Gasteiger partial charge in [-0.25, -0.2) is 0 Å². The largest absolute Gasteiger partial charge is 0.454 e. The van der Waals surface area contributed by atoms with Crippen molar-refractivity contribution in [2.75, 3.05) is 38.3 Å². The minimum Gasteiger partial charge on any atom is -0.454 e. The summed E-state index contributed by atoms with van der Waals surface area (Å²) >= 11 is 0. The van der Waals surface area contributed by atoms with Gasteiger partial charge in [-0.1, -0.05) is 60.7 Å². The Kier molecular flexibility index (Phi) is 5.95. The lowest BCUT2D eigenvalue weighted by atomic mass is 9.96. The zero-order valence-corrected chi connectivity index (χ0v) is 18.1. The van der Waals surface area contributed by atoms with E-state index < -0.39 is 11.8 Å². The van der Waals surface area contributed by atoms with Crippen LogP contribution in [0.25, 0.3) is 0 Å². The van der Waals surface area contributed by atoms with Gasteiger partial charge in [-0.2, -0.15) is 0 Å². The maximum atomic E-state index is 12.8. The van der Waals surface area contributed by atoms with Crippen LogP contribution < -0.4 is 14.8 Å². The first-order valence-electron chi connectivity index (χ1n) is 11.0. The third-order valence-corrected chi connectivity index (χ3v) is 6.02. The van der Waals surface area contributed by atoms with Crippen LogP contribution in [0.2, 0.25) is 0 Å². The first-order chi connectivity index (χ1) is 16.2. The smallest absolute Gasteiger partial charge is 0.313 e. The van der Waals surface area contributed by atoms with Crippen LogP contribution in [0.15, 0.2) is 78.9 Å². The normalized spacial score (nSPS) is 15.5. The molecule has 33 heavy (non-hydrogen) atoms. The minimum absolute atomic E-state index is 0.104. The second-order valence-corrected chi connectivity index (χ2v) is 8.07. The number of piperazine rings is 1. The van der Waals surface area contributed by atoms with Crippen molar-refractivity contribution in [3.63, 3.8) is 0 Å². The number of rotatable bonds is 4. The van der Waals surface area contributed by atoms with E-state index in [1.54, 1.807) is 23.1 Å². The van der Waals surface area contributed by atoms with Crippen LogP contribution in [0.1, 0.15) is 17.2 Å². The number of hydrogen-bond donors (Lipinski definition) is 1. The predicted molar refractivity (Wildman–Crippen MR) is 124 cm³/mol. The number of benzene rings is 3. The summed E-state index contributed by atoms with van der Waals surface area (Å²) in [5.74, 6) is 0.0110. The van der Waals surface area contributed by atoms with Crippen molar-refractivity contribution in [2.24, 2.45) is 0 Å². The fraction of sp³-hybridized carbons (Fsp3) is 0.231. The summed E-state index contributed by atoms with van der Waals surface area (Å²) in [4.78, 5) is 29.4. The van der Waals surface area contributed by atoms with Gasteiger partial charge in [0.1, 0.15) is 0 Å². The SMILES string of the molecule is O=C(Nc1ccc2c(c1)OCO2)C(=O)N1CCN(C(c2ccccc2)c2ccccc2)CC1. The Morgan fingerprint density at radius 2 is 1.36 bits per heavy atom. The molecule has 2 amide bonds. The number of anilines is 1. The van der Waals surface area contributed by atoms with Crippen molar-refractivity contribution < 1.29 is 19.1 Å². The summed E-state index contributed by atoms with van der Waals surface area (Å²) < 4.78 is 10.6. The lowest BCUT2D eigenvalue weighted by Gasteiger charge is -2.39. The van der Waals surface area contributed by atoms with Gasteiger partial charge in [0.25, 0.3) is 0 Å². The summed E-state index contributed by atoms with van der Waals surface area (Å²) in [5, 5.41) is 2.68. The lowest BCUT2D eigenvalue weighted by molar-refractivity contribution is -0.144. The zero-order valence-electron chi connectivity index (χ0n) is 18.1.